The fourth-order valence-electron chi connectivity index (χ4n) is 4.06. The third kappa shape index (κ3) is 4.54. The van der Waals surface area contributed by atoms with E-state index in [-0.39, 0.29) is 18.3 Å². The lowest BCUT2D eigenvalue weighted by Crippen LogP contribution is -3.16. The topological polar surface area (TPSA) is 43.1 Å². The number of aliphatic hydroxyl groups is 1. The Morgan fingerprint density at radius 2 is 2.00 bits per heavy atom. The fourth-order valence-corrected chi connectivity index (χ4v) is 4.06. The van der Waals surface area contributed by atoms with Crippen LogP contribution in [-0.2, 0) is 15.9 Å². The normalized spacial score (nSPS) is 32.3. The number of aryl methyl sites for hydroxylation is 1. The van der Waals surface area contributed by atoms with Crippen LogP contribution in [0.2, 0.25) is 0 Å². The summed E-state index contributed by atoms with van der Waals surface area (Å²) in [5.41, 5.74) is 2.71. The molecule has 3 rings (SSSR count). The number of aliphatic hydroxyl groups excluding tert-OH is 1. The second kappa shape index (κ2) is 7.75. The lowest BCUT2D eigenvalue weighted by atomic mass is 9.89. The second-order valence-electron chi connectivity index (χ2n) is 7.19. The molecular formula is C19H30NO3+. The Morgan fingerprint density at radius 3 is 2.78 bits per heavy atom. The number of rotatable bonds is 5. The SMILES string of the molecule is C[C@H]1C[NH+](C[C@H](O)CO[C@@H]2CCCc3ccccc32)C[C@H](C)O1. The number of nitrogens with one attached hydrogen (secondary N) is 1. The summed E-state index contributed by atoms with van der Waals surface area (Å²) in [6, 6.07) is 8.54. The van der Waals surface area contributed by atoms with E-state index in [1.807, 2.05) is 0 Å². The maximum absolute atomic E-state index is 10.4. The van der Waals surface area contributed by atoms with E-state index in [9.17, 15) is 5.11 Å². The standard InChI is InChI=1S/C19H29NO3/c1-14-10-20(11-15(2)23-14)12-17(21)13-22-19-9-5-7-16-6-3-4-8-18(16)19/h3-4,6,8,14-15,17,19,21H,5,7,9-13H2,1-2H3/p+1/t14-,15-,17-,19+/m0/s1. The number of quaternary nitrogens is 1. The van der Waals surface area contributed by atoms with Crippen LogP contribution in [0.3, 0.4) is 0 Å². The highest BCUT2D eigenvalue weighted by molar-refractivity contribution is 5.31. The van der Waals surface area contributed by atoms with Crippen LogP contribution in [0.4, 0.5) is 0 Å². The number of hydrogen-bond donors (Lipinski definition) is 2. The van der Waals surface area contributed by atoms with Gasteiger partial charge in [0.15, 0.2) is 0 Å². The monoisotopic (exact) mass is 320 g/mol. The van der Waals surface area contributed by atoms with Gasteiger partial charge in [-0.05, 0) is 44.2 Å². The lowest BCUT2D eigenvalue weighted by Gasteiger charge is -2.33. The van der Waals surface area contributed by atoms with E-state index in [1.54, 1.807) is 0 Å². The Labute approximate surface area is 139 Å². The van der Waals surface area contributed by atoms with Gasteiger partial charge in [0.05, 0.1) is 12.7 Å². The summed E-state index contributed by atoms with van der Waals surface area (Å²) in [5, 5.41) is 10.4. The van der Waals surface area contributed by atoms with Crippen molar-refractivity contribution in [3.8, 4) is 0 Å². The van der Waals surface area contributed by atoms with Crippen molar-refractivity contribution in [3.63, 3.8) is 0 Å². The maximum atomic E-state index is 10.4. The van der Waals surface area contributed by atoms with E-state index in [0.717, 1.165) is 32.5 Å². The summed E-state index contributed by atoms with van der Waals surface area (Å²) >= 11 is 0. The molecule has 0 aromatic heterocycles. The molecule has 0 spiro atoms. The molecule has 0 amide bonds. The maximum Gasteiger partial charge on any atom is 0.126 e. The van der Waals surface area contributed by atoms with Gasteiger partial charge >= 0.3 is 0 Å². The molecule has 0 bridgehead atoms. The second-order valence-corrected chi connectivity index (χ2v) is 7.19. The van der Waals surface area contributed by atoms with Crippen LogP contribution >= 0.6 is 0 Å². The van der Waals surface area contributed by atoms with Crippen LogP contribution < -0.4 is 4.90 Å². The molecule has 23 heavy (non-hydrogen) atoms. The summed E-state index contributed by atoms with van der Waals surface area (Å²) in [5.74, 6) is 0. The largest absolute Gasteiger partial charge is 0.385 e. The van der Waals surface area contributed by atoms with Crippen molar-refractivity contribution >= 4 is 0 Å². The minimum absolute atomic E-state index is 0.145. The minimum Gasteiger partial charge on any atom is -0.385 e. The molecule has 0 saturated carbocycles. The van der Waals surface area contributed by atoms with E-state index >= 15 is 0 Å². The Balaban J connectivity index is 1.49. The Morgan fingerprint density at radius 1 is 1.26 bits per heavy atom. The number of fused-ring (bicyclic) bond motifs is 1. The molecule has 4 nitrogen and oxygen atoms in total. The van der Waals surface area contributed by atoms with Crippen LogP contribution in [0.1, 0.15) is 43.9 Å². The molecule has 4 heteroatoms. The highest BCUT2D eigenvalue weighted by atomic mass is 16.5. The van der Waals surface area contributed by atoms with E-state index in [1.165, 1.54) is 22.4 Å². The van der Waals surface area contributed by atoms with Gasteiger partial charge in [-0.2, -0.15) is 0 Å². The van der Waals surface area contributed by atoms with E-state index in [0.29, 0.717) is 6.61 Å². The number of hydrogen-bond acceptors (Lipinski definition) is 3. The first-order chi connectivity index (χ1) is 11.1. The number of ether oxygens (including phenoxy) is 2. The lowest BCUT2D eigenvalue weighted by molar-refractivity contribution is -0.918. The van der Waals surface area contributed by atoms with Gasteiger partial charge in [0.25, 0.3) is 0 Å². The molecule has 1 aliphatic heterocycles. The van der Waals surface area contributed by atoms with Crippen molar-refractivity contribution in [2.24, 2.45) is 0 Å². The molecule has 1 heterocycles. The van der Waals surface area contributed by atoms with E-state index < -0.39 is 6.10 Å². The zero-order valence-corrected chi connectivity index (χ0v) is 14.3. The number of morpholine rings is 1. The molecule has 4 atom stereocenters. The van der Waals surface area contributed by atoms with Gasteiger partial charge in [-0.1, -0.05) is 24.3 Å². The molecule has 1 aromatic carbocycles. The van der Waals surface area contributed by atoms with E-state index in [2.05, 4.69) is 38.1 Å². The van der Waals surface area contributed by atoms with Gasteiger partial charge in [-0.25, -0.2) is 0 Å². The fraction of sp³-hybridized carbons (Fsp3) is 0.684. The van der Waals surface area contributed by atoms with Crippen molar-refractivity contribution < 1.29 is 19.5 Å². The summed E-state index contributed by atoms with van der Waals surface area (Å²) in [6.07, 6.45) is 3.65. The molecule has 2 aliphatic rings. The molecule has 1 saturated heterocycles. The molecule has 1 fully saturated rings. The molecule has 0 unspecified atom stereocenters. The molecule has 128 valence electrons. The zero-order chi connectivity index (χ0) is 16.2. The average Bonchev–Trinajstić information content (AvgIpc) is 2.52. The smallest absolute Gasteiger partial charge is 0.126 e. The Bertz CT molecular complexity index is 497. The summed E-state index contributed by atoms with van der Waals surface area (Å²) in [6.45, 7) is 7.31. The first kappa shape index (κ1) is 16.9. The third-order valence-corrected chi connectivity index (χ3v) is 4.95. The third-order valence-electron chi connectivity index (χ3n) is 4.95. The first-order valence-corrected chi connectivity index (χ1v) is 8.98. The number of benzene rings is 1. The zero-order valence-electron chi connectivity index (χ0n) is 14.3. The van der Waals surface area contributed by atoms with Gasteiger partial charge < -0.3 is 19.5 Å². The van der Waals surface area contributed by atoms with Crippen LogP contribution in [-0.4, -0.2) is 49.7 Å². The van der Waals surface area contributed by atoms with Gasteiger partial charge in [0.1, 0.15) is 37.9 Å². The highest BCUT2D eigenvalue weighted by Gasteiger charge is 2.28. The first-order valence-electron chi connectivity index (χ1n) is 8.98. The molecule has 2 N–H and O–H groups in total. The van der Waals surface area contributed by atoms with Crippen molar-refractivity contribution in [2.75, 3.05) is 26.2 Å². The van der Waals surface area contributed by atoms with Crippen molar-refractivity contribution in [1.29, 1.82) is 0 Å². The van der Waals surface area contributed by atoms with Crippen molar-refractivity contribution in [2.45, 2.75) is 57.5 Å². The van der Waals surface area contributed by atoms with Gasteiger partial charge in [-0.3, -0.25) is 0 Å². The van der Waals surface area contributed by atoms with E-state index in [4.69, 9.17) is 9.47 Å². The van der Waals surface area contributed by atoms with Crippen molar-refractivity contribution in [3.05, 3.63) is 35.4 Å². The Hall–Kier alpha value is -0.940. The predicted molar refractivity (Wildman–Crippen MR) is 89.7 cm³/mol. The molecule has 0 radical (unpaired) electrons. The van der Waals surface area contributed by atoms with Crippen molar-refractivity contribution in [1.82, 2.24) is 0 Å². The van der Waals surface area contributed by atoms with Gasteiger partial charge in [-0.15, -0.1) is 0 Å². The summed E-state index contributed by atoms with van der Waals surface area (Å²) in [7, 11) is 0. The Kier molecular flexibility index (Phi) is 5.70. The molecule has 1 aliphatic carbocycles. The summed E-state index contributed by atoms with van der Waals surface area (Å²) in [4.78, 5) is 1.41. The van der Waals surface area contributed by atoms with Crippen LogP contribution in [0, 0.1) is 0 Å². The highest BCUT2D eigenvalue weighted by Crippen LogP contribution is 2.32. The molecule has 1 aromatic rings. The minimum atomic E-state index is -0.406. The summed E-state index contributed by atoms with van der Waals surface area (Å²) < 4.78 is 11.8. The van der Waals surface area contributed by atoms with Crippen LogP contribution in [0.15, 0.2) is 24.3 Å². The van der Waals surface area contributed by atoms with Crippen LogP contribution in [0.25, 0.3) is 0 Å². The molecular weight excluding hydrogens is 290 g/mol. The van der Waals surface area contributed by atoms with Crippen LogP contribution in [0.5, 0.6) is 0 Å². The predicted octanol–water partition coefficient (Wildman–Crippen LogP) is 1.13. The average molecular weight is 320 g/mol. The van der Waals surface area contributed by atoms with Gasteiger partial charge in [0.2, 0.25) is 0 Å². The van der Waals surface area contributed by atoms with Gasteiger partial charge in [0, 0.05) is 0 Å². The quantitative estimate of drug-likeness (QED) is 0.855.